The van der Waals surface area contributed by atoms with Crippen molar-refractivity contribution in [2.45, 2.75) is 0 Å². The Kier molecular flexibility index (Phi) is 6.59. The van der Waals surface area contributed by atoms with Gasteiger partial charge < -0.3 is 14.6 Å². The van der Waals surface area contributed by atoms with Crippen LogP contribution in [0, 0.1) is 0 Å². The van der Waals surface area contributed by atoms with Crippen molar-refractivity contribution in [3.8, 4) is 17.2 Å². The van der Waals surface area contributed by atoms with E-state index in [2.05, 4.69) is 33.0 Å². The number of hydrazone groups is 1. The number of benzene rings is 2. The Bertz CT molecular complexity index is 806. The first-order chi connectivity index (χ1) is 12.0. The number of phenols is 1. The molecular formula is C18H17BrN2O4. The molecular weight excluding hydrogens is 388 g/mol. The number of amides is 1. The average molecular weight is 405 g/mol. The maximum Gasteiger partial charge on any atom is 0.275 e. The van der Waals surface area contributed by atoms with E-state index in [-0.39, 0.29) is 5.75 Å². The normalized spacial score (nSPS) is 10.5. The lowest BCUT2D eigenvalue weighted by Gasteiger charge is -2.09. The molecule has 0 fully saturated rings. The summed E-state index contributed by atoms with van der Waals surface area (Å²) in [6.45, 7) is 3.88. The van der Waals surface area contributed by atoms with Crippen LogP contribution in [-0.2, 0) is 0 Å². The highest BCUT2D eigenvalue weighted by Crippen LogP contribution is 2.25. The van der Waals surface area contributed by atoms with Crippen LogP contribution in [0.4, 0.5) is 0 Å². The van der Waals surface area contributed by atoms with Crippen molar-refractivity contribution >= 4 is 28.1 Å². The summed E-state index contributed by atoms with van der Waals surface area (Å²) in [4.78, 5) is 12.3. The van der Waals surface area contributed by atoms with Gasteiger partial charge in [0.1, 0.15) is 12.4 Å². The van der Waals surface area contributed by atoms with Gasteiger partial charge in [0.05, 0.1) is 18.9 Å². The number of carbonyl (C=O) groups excluding carboxylic acids is 1. The maximum absolute atomic E-state index is 12.3. The lowest BCUT2D eigenvalue weighted by atomic mass is 10.2. The summed E-state index contributed by atoms with van der Waals surface area (Å²) >= 11 is 3.33. The van der Waals surface area contributed by atoms with Crippen LogP contribution >= 0.6 is 15.9 Å². The van der Waals surface area contributed by atoms with Gasteiger partial charge in [-0.25, -0.2) is 5.43 Å². The summed E-state index contributed by atoms with van der Waals surface area (Å²) in [6.07, 6.45) is 3.04. The molecule has 0 spiro atoms. The third-order valence-electron chi connectivity index (χ3n) is 3.13. The van der Waals surface area contributed by atoms with Crippen molar-refractivity contribution in [2.24, 2.45) is 5.10 Å². The number of hydrogen-bond acceptors (Lipinski definition) is 5. The van der Waals surface area contributed by atoms with Gasteiger partial charge in [-0.15, -0.1) is 0 Å². The molecule has 0 aliphatic heterocycles. The van der Waals surface area contributed by atoms with Crippen LogP contribution in [-0.4, -0.2) is 30.9 Å². The molecule has 2 aromatic rings. The van der Waals surface area contributed by atoms with Gasteiger partial charge in [0, 0.05) is 4.47 Å². The van der Waals surface area contributed by atoms with Crippen molar-refractivity contribution in [3.05, 3.63) is 64.7 Å². The smallest absolute Gasteiger partial charge is 0.275 e. The third-order valence-corrected chi connectivity index (χ3v) is 3.62. The highest BCUT2D eigenvalue weighted by atomic mass is 79.9. The van der Waals surface area contributed by atoms with E-state index in [1.54, 1.807) is 36.4 Å². The SMILES string of the molecule is C=CCOc1ccc(Br)cc1C(=O)NN=Cc1ccc(O)c(OC)c1. The molecule has 25 heavy (non-hydrogen) atoms. The van der Waals surface area contributed by atoms with Gasteiger partial charge in [-0.05, 0) is 42.0 Å². The zero-order valence-electron chi connectivity index (χ0n) is 13.5. The number of nitrogens with one attached hydrogen (secondary N) is 1. The first-order valence-electron chi connectivity index (χ1n) is 7.28. The number of halogens is 1. The van der Waals surface area contributed by atoms with Crippen LogP contribution in [0.3, 0.4) is 0 Å². The van der Waals surface area contributed by atoms with Crippen molar-refractivity contribution in [1.29, 1.82) is 0 Å². The lowest BCUT2D eigenvalue weighted by Crippen LogP contribution is -2.19. The third kappa shape index (κ3) is 5.09. The molecule has 1 amide bonds. The number of phenolic OH excluding ortho intramolecular Hbond substituents is 1. The zero-order valence-corrected chi connectivity index (χ0v) is 15.1. The molecule has 6 nitrogen and oxygen atoms in total. The molecule has 0 saturated carbocycles. The second-order valence-corrected chi connectivity index (χ2v) is 5.79. The summed E-state index contributed by atoms with van der Waals surface area (Å²) in [5, 5.41) is 13.5. The van der Waals surface area contributed by atoms with Gasteiger partial charge in [-0.3, -0.25) is 4.79 Å². The average Bonchev–Trinajstić information content (AvgIpc) is 2.61. The molecule has 0 saturated heterocycles. The molecule has 0 radical (unpaired) electrons. The van der Waals surface area contributed by atoms with E-state index in [9.17, 15) is 9.90 Å². The summed E-state index contributed by atoms with van der Waals surface area (Å²) in [6, 6.07) is 9.84. The molecule has 0 aliphatic rings. The van der Waals surface area contributed by atoms with Crippen molar-refractivity contribution < 1.29 is 19.4 Å². The molecule has 7 heteroatoms. The molecule has 2 aromatic carbocycles. The Balaban J connectivity index is 2.12. The summed E-state index contributed by atoms with van der Waals surface area (Å²) in [7, 11) is 1.45. The highest BCUT2D eigenvalue weighted by molar-refractivity contribution is 9.10. The van der Waals surface area contributed by atoms with Crippen LogP contribution in [0.5, 0.6) is 17.2 Å². The zero-order chi connectivity index (χ0) is 18.2. The van der Waals surface area contributed by atoms with Gasteiger partial charge in [0.15, 0.2) is 11.5 Å². The summed E-state index contributed by atoms with van der Waals surface area (Å²) in [5.41, 5.74) is 3.45. The molecule has 130 valence electrons. The molecule has 0 atom stereocenters. The fourth-order valence-electron chi connectivity index (χ4n) is 1.95. The van der Waals surface area contributed by atoms with Gasteiger partial charge in [-0.2, -0.15) is 5.10 Å². The quantitative estimate of drug-likeness (QED) is 0.420. The summed E-state index contributed by atoms with van der Waals surface area (Å²) in [5.74, 6) is 0.369. The lowest BCUT2D eigenvalue weighted by molar-refractivity contribution is 0.0951. The molecule has 0 unspecified atom stereocenters. The van der Waals surface area contributed by atoms with Gasteiger partial charge in [-0.1, -0.05) is 28.6 Å². The number of aromatic hydroxyl groups is 1. The number of rotatable bonds is 7. The Hall–Kier alpha value is -2.80. The van der Waals surface area contributed by atoms with E-state index >= 15 is 0 Å². The maximum atomic E-state index is 12.3. The molecule has 0 heterocycles. The predicted molar refractivity (Wildman–Crippen MR) is 99.6 cm³/mol. The minimum atomic E-state index is -0.414. The number of methoxy groups -OCH3 is 1. The Morgan fingerprint density at radius 3 is 2.84 bits per heavy atom. The van der Waals surface area contributed by atoms with Crippen molar-refractivity contribution in [3.63, 3.8) is 0 Å². The van der Waals surface area contributed by atoms with Crippen LogP contribution in [0.2, 0.25) is 0 Å². The van der Waals surface area contributed by atoms with Crippen LogP contribution < -0.4 is 14.9 Å². The molecule has 2 rings (SSSR count). The minimum Gasteiger partial charge on any atom is -0.504 e. The fourth-order valence-corrected chi connectivity index (χ4v) is 2.32. The monoisotopic (exact) mass is 404 g/mol. The van der Waals surface area contributed by atoms with E-state index in [0.717, 1.165) is 4.47 Å². The molecule has 2 N–H and O–H groups in total. The largest absolute Gasteiger partial charge is 0.504 e. The predicted octanol–water partition coefficient (Wildman–Crippen LogP) is 3.49. The first-order valence-corrected chi connectivity index (χ1v) is 8.08. The molecule has 0 aliphatic carbocycles. The summed E-state index contributed by atoms with van der Waals surface area (Å²) < 4.78 is 11.2. The Labute approximate surface area is 153 Å². The van der Waals surface area contributed by atoms with Gasteiger partial charge >= 0.3 is 0 Å². The van der Waals surface area contributed by atoms with Crippen molar-refractivity contribution in [1.82, 2.24) is 5.43 Å². The van der Waals surface area contributed by atoms with Crippen LogP contribution in [0.25, 0.3) is 0 Å². The van der Waals surface area contributed by atoms with E-state index in [1.807, 2.05) is 0 Å². The fraction of sp³-hybridized carbons (Fsp3) is 0.111. The second-order valence-electron chi connectivity index (χ2n) is 4.87. The minimum absolute atomic E-state index is 0.0295. The number of ether oxygens (including phenoxy) is 2. The van der Waals surface area contributed by atoms with Gasteiger partial charge in [0.2, 0.25) is 0 Å². The molecule has 0 aromatic heterocycles. The highest BCUT2D eigenvalue weighted by Gasteiger charge is 2.12. The van der Waals surface area contributed by atoms with E-state index < -0.39 is 5.91 Å². The topological polar surface area (TPSA) is 80.2 Å². The first kappa shape index (κ1) is 18.5. The number of carbonyl (C=O) groups is 1. The van der Waals surface area contributed by atoms with Crippen molar-refractivity contribution in [2.75, 3.05) is 13.7 Å². The van der Waals surface area contributed by atoms with Crippen LogP contribution in [0.15, 0.2) is 58.6 Å². The van der Waals surface area contributed by atoms with Gasteiger partial charge in [0.25, 0.3) is 5.91 Å². The Morgan fingerprint density at radius 1 is 1.32 bits per heavy atom. The molecule has 0 bridgehead atoms. The number of nitrogens with zero attached hydrogens (tertiary/aromatic N) is 1. The van der Waals surface area contributed by atoms with E-state index in [1.165, 1.54) is 19.4 Å². The second kappa shape index (κ2) is 8.89. The van der Waals surface area contributed by atoms with Crippen LogP contribution in [0.1, 0.15) is 15.9 Å². The van der Waals surface area contributed by atoms with E-state index in [4.69, 9.17) is 9.47 Å². The number of hydrogen-bond donors (Lipinski definition) is 2. The van der Waals surface area contributed by atoms with E-state index in [0.29, 0.717) is 29.2 Å². The Morgan fingerprint density at radius 2 is 2.12 bits per heavy atom. The standard InChI is InChI=1S/C18H17BrN2O4/c1-3-8-25-16-7-5-13(19)10-14(16)18(23)21-20-11-12-4-6-15(22)17(9-12)24-2/h3-7,9-11,22H,1,8H2,2H3,(H,21,23).